The van der Waals surface area contributed by atoms with Gasteiger partial charge in [-0.1, -0.05) is 35.9 Å². The van der Waals surface area contributed by atoms with Crippen molar-refractivity contribution in [3.05, 3.63) is 64.9 Å². The molecule has 0 radical (unpaired) electrons. The van der Waals surface area contributed by atoms with Crippen LogP contribution >= 0.6 is 11.6 Å². The van der Waals surface area contributed by atoms with E-state index in [2.05, 4.69) is 0 Å². The number of halogens is 2. The van der Waals surface area contributed by atoms with E-state index in [1.165, 1.54) is 12.1 Å². The summed E-state index contributed by atoms with van der Waals surface area (Å²) in [5.74, 6) is -1.44. The molecule has 5 heteroatoms. The van der Waals surface area contributed by atoms with Gasteiger partial charge in [-0.25, -0.2) is 9.18 Å². The zero-order valence-corrected chi connectivity index (χ0v) is 12.0. The van der Waals surface area contributed by atoms with Gasteiger partial charge in [0, 0.05) is 13.1 Å². The number of hydrogen-bond donors (Lipinski definition) is 1. The second-order valence-electron chi connectivity index (χ2n) is 4.36. The third kappa shape index (κ3) is 3.41. The molecule has 21 heavy (non-hydrogen) atoms. The highest BCUT2D eigenvalue weighted by molar-refractivity contribution is 6.33. The topological polar surface area (TPSA) is 40.5 Å². The first-order valence-corrected chi connectivity index (χ1v) is 6.56. The molecule has 0 spiro atoms. The maximum atomic E-state index is 13.9. The maximum Gasteiger partial charge on any atom is 0.328 e. The number of para-hydroxylation sites is 2. The molecule has 2 aromatic carbocycles. The van der Waals surface area contributed by atoms with Gasteiger partial charge in [-0.3, -0.25) is 0 Å². The monoisotopic (exact) mass is 305 g/mol. The van der Waals surface area contributed by atoms with Crippen molar-refractivity contribution >= 4 is 35.0 Å². The molecule has 2 aromatic rings. The van der Waals surface area contributed by atoms with Crippen LogP contribution in [0.3, 0.4) is 0 Å². The highest BCUT2D eigenvalue weighted by Gasteiger charge is 2.14. The summed E-state index contributed by atoms with van der Waals surface area (Å²) in [4.78, 5) is 12.3. The number of carboxylic acid groups (broad SMARTS) is 1. The molecule has 0 saturated heterocycles. The first kappa shape index (κ1) is 15.1. The Hall–Kier alpha value is -2.33. The van der Waals surface area contributed by atoms with Crippen LogP contribution in [0, 0.1) is 5.82 Å². The van der Waals surface area contributed by atoms with Crippen molar-refractivity contribution < 1.29 is 14.3 Å². The van der Waals surface area contributed by atoms with Crippen LogP contribution in [0.1, 0.15) is 5.56 Å². The fourth-order valence-corrected chi connectivity index (χ4v) is 2.33. The lowest BCUT2D eigenvalue weighted by Crippen LogP contribution is -2.13. The number of hydrogen-bond acceptors (Lipinski definition) is 2. The number of carboxylic acids is 1. The minimum Gasteiger partial charge on any atom is -0.478 e. The Morgan fingerprint density at radius 3 is 2.62 bits per heavy atom. The SMILES string of the molecule is CN(c1ccccc1F)c1c(Cl)cccc1/C=C/C(=O)O. The summed E-state index contributed by atoms with van der Waals surface area (Å²) < 4.78 is 13.9. The van der Waals surface area contributed by atoms with Gasteiger partial charge in [0.2, 0.25) is 0 Å². The van der Waals surface area contributed by atoms with Gasteiger partial charge < -0.3 is 10.0 Å². The van der Waals surface area contributed by atoms with E-state index in [9.17, 15) is 9.18 Å². The Balaban J connectivity index is 2.52. The van der Waals surface area contributed by atoms with E-state index in [0.717, 1.165) is 6.08 Å². The van der Waals surface area contributed by atoms with Crippen molar-refractivity contribution in [3.8, 4) is 0 Å². The summed E-state index contributed by atoms with van der Waals surface area (Å²) >= 11 is 6.20. The van der Waals surface area contributed by atoms with Crippen LogP contribution in [-0.4, -0.2) is 18.1 Å². The van der Waals surface area contributed by atoms with Crippen molar-refractivity contribution in [2.45, 2.75) is 0 Å². The quantitative estimate of drug-likeness (QED) is 0.854. The molecule has 2 rings (SSSR count). The Morgan fingerprint density at radius 2 is 1.95 bits per heavy atom. The molecule has 0 unspecified atom stereocenters. The molecule has 0 aromatic heterocycles. The van der Waals surface area contributed by atoms with Gasteiger partial charge in [0.25, 0.3) is 0 Å². The van der Waals surface area contributed by atoms with E-state index >= 15 is 0 Å². The molecule has 0 aliphatic heterocycles. The number of rotatable bonds is 4. The van der Waals surface area contributed by atoms with Crippen molar-refractivity contribution in [2.24, 2.45) is 0 Å². The normalized spacial score (nSPS) is 10.8. The summed E-state index contributed by atoms with van der Waals surface area (Å²) in [5.41, 5.74) is 1.49. The van der Waals surface area contributed by atoms with Crippen molar-refractivity contribution in [2.75, 3.05) is 11.9 Å². The summed E-state index contributed by atoms with van der Waals surface area (Å²) in [6.07, 6.45) is 2.45. The van der Waals surface area contributed by atoms with Crippen LogP contribution in [-0.2, 0) is 4.79 Å². The van der Waals surface area contributed by atoms with Gasteiger partial charge in [0.15, 0.2) is 0 Å². The van der Waals surface area contributed by atoms with Gasteiger partial charge in [0.05, 0.1) is 16.4 Å². The Labute approximate surface area is 126 Å². The average molecular weight is 306 g/mol. The lowest BCUT2D eigenvalue weighted by atomic mass is 10.1. The van der Waals surface area contributed by atoms with E-state index in [0.29, 0.717) is 22.0 Å². The zero-order valence-electron chi connectivity index (χ0n) is 11.3. The van der Waals surface area contributed by atoms with E-state index in [1.54, 1.807) is 48.3 Å². The van der Waals surface area contributed by atoms with Crippen LogP contribution in [0.2, 0.25) is 5.02 Å². The van der Waals surface area contributed by atoms with Gasteiger partial charge >= 0.3 is 5.97 Å². The molecule has 0 atom stereocenters. The smallest absolute Gasteiger partial charge is 0.328 e. The Kier molecular flexibility index (Phi) is 4.60. The second-order valence-corrected chi connectivity index (χ2v) is 4.77. The first-order chi connectivity index (χ1) is 10.0. The third-order valence-corrected chi connectivity index (χ3v) is 3.28. The number of nitrogens with zero attached hydrogens (tertiary/aromatic N) is 1. The highest BCUT2D eigenvalue weighted by Crippen LogP contribution is 2.35. The predicted molar refractivity (Wildman–Crippen MR) is 82.6 cm³/mol. The standard InChI is InChI=1S/C16H13ClFNO2/c1-19(14-8-3-2-7-13(14)18)16-11(9-10-15(20)21)5-4-6-12(16)17/h2-10H,1H3,(H,20,21)/b10-9+. The minimum atomic E-state index is -1.06. The summed E-state index contributed by atoms with van der Waals surface area (Å²) in [7, 11) is 1.68. The van der Waals surface area contributed by atoms with Crippen LogP contribution in [0.5, 0.6) is 0 Å². The fraction of sp³-hybridized carbons (Fsp3) is 0.0625. The number of carbonyl (C=O) groups is 1. The number of benzene rings is 2. The summed E-state index contributed by atoms with van der Waals surface area (Å²) in [6.45, 7) is 0. The summed E-state index contributed by atoms with van der Waals surface area (Å²) in [6, 6.07) is 11.4. The predicted octanol–water partition coefficient (Wildman–Crippen LogP) is 4.34. The van der Waals surface area contributed by atoms with Crippen molar-refractivity contribution in [1.29, 1.82) is 0 Å². The van der Waals surface area contributed by atoms with Gasteiger partial charge in [0.1, 0.15) is 5.82 Å². The summed E-state index contributed by atoms with van der Waals surface area (Å²) in [5, 5.41) is 9.15. The average Bonchev–Trinajstić information content (AvgIpc) is 2.45. The fourth-order valence-electron chi connectivity index (χ4n) is 2.03. The number of anilines is 2. The Morgan fingerprint density at radius 1 is 1.24 bits per heavy atom. The lowest BCUT2D eigenvalue weighted by Gasteiger charge is -2.23. The molecule has 0 aliphatic carbocycles. The van der Waals surface area contributed by atoms with Crippen LogP contribution in [0.15, 0.2) is 48.5 Å². The van der Waals surface area contributed by atoms with Crippen molar-refractivity contribution in [1.82, 2.24) is 0 Å². The third-order valence-electron chi connectivity index (χ3n) is 2.97. The lowest BCUT2D eigenvalue weighted by molar-refractivity contribution is -0.131. The molecular weight excluding hydrogens is 293 g/mol. The van der Waals surface area contributed by atoms with Crippen LogP contribution in [0.4, 0.5) is 15.8 Å². The molecule has 0 amide bonds. The molecular formula is C16H13ClFNO2. The highest BCUT2D eigenvalue weighted by atomic mass is 35.5. The molecule has 0 saturated carbocycles. The van der Waals surface area contributed by atoms with Gasteiger partial charge in [-0.2, -0.15) is 0 Å². The van der Waals surface area contributed by atoms with E-state index in [1.807, 2.05) is 0 Å². The molecule has 0 aliphatic rings. The van der Waals surface area contributed by atoms with E-state index < -0.39 is 5.97 Å². The Bertz CT molecular complexity index is 700. The number of aliphatic carboxylic acids is 1. The minimum absolute atomic E-state index is 0.357. The van der Waals surface area contributed by atoms with Crippen molar-refractivity contribution in [3.63, 3.8) is 0 Å². The van der Waals surface area contributed by atoms with E-state index in [4.69, 9.17) is 16.7 Å². The molecule has 0 heterocycles. The second kappa shape index (κ2) is 6.41. The van der Waals surface area contributed by atoms with Crippen LogP contribution in [0.25, 0.3) is 6.08 Å². The van der Waals surface area contributed by atoms with Gasteiger partial charge in [-0.05, 0) is 29.8 Å². The first-order valence-electron chi connectivity index (χ1n) is 6.18. The maximum absolute atomic E-state index is 13.9. The van der Waals surface area contributed by atoms with Gasteiger partial charge in [-0.15, -0.1) is 0 Å². The van der Waals surface area contributed by atoms with E-state index in [-0.39, 0.29) is 5.82 Å². The zero-order chi connectivity index (χ0) is 15.4. The molecule has 3 nitrogen and oxygen atoms in total. The molecule has 108 valence electrons. The molecule has 0 fully saturated rings. The molecule has 1 N–H and O–H groups in total. The largest absolute Gasteiger partial charge is 0.478 e. The van der Waals surface area contributed by atoms with Crippen LogP contribution < -0.4 is 4.90 Å². The molecule has 0 bridgehead atoms.